The lowest BCUT2D eigenvalue weighted by molar-refractivity contribution is -0.159. The summed E-state index contributed by atoms with van der Waals surface area (Å²) in [5, 5.41) is 10.7. The molecule has 0 spiro atoms. The van der Waals surface area contributed by atoms with Crippen molar-refractivity contribution in [2.45, 2.75) is 18.7 Å². The highest BCUT2D eigenvalue weighted by Gasteiger charge is 2.35. The molecule has 37 heavy (non-hydrogen) atoms. The van der Waals surface area contributed by atoms with Crippen molar-refractivity contribution in [2.75, 3.05) is 26.2 Å². The van der Waals surface area contributed by atoms with Crippen molar-refractivity contribution in [1.29, 1.82) is 0 Å². The summed E-state index contributed by atoms with van der Waals surface area (Å²) >= 11 is 7.51. The van der Waals surface area contributed by atoms with Crippen LogP contribution in [0.4, 0.5) is 17.6 Å². The second kappa shape index (κ2) is 10.9. The fraction of sp³-hybridized carbons (Fsp3) is 0.304. The summed E-state index contributed by atoms with van der Waals surface area (Å²) in [6.45, 7) is 0.290. The topological polar surface area (TPSA) is 87.2 Å². The molecule has 1 aromatic carbocycles. The molecular formula is C23H18F4N2O5S3. The molecule has 2 saturated heterocycles. The Hall–Kier alpha value is -2.81. The zero-order valence-corrected chi connectivity index (χ0v) is 21.2. The number of alkyl halides is 3. The number of nitrogens with zero attached hydrogens (tertiary/aromatic N) is 2. The van der Waals surface area contributed by atoms with E-state index in [1.165, 1.54) is 27.2 Å². The minimum atomic E-state index is -4.83. The average molecular weight is 575 g/mol. The number of morpholine rings is 1. The molecule has 14 heteroatoms. The number of thiophene rings is 1. The maximum atomic E-state index is 13.6. The van der Waals surface area contributed by atoms with Crippen LogP contribution < -0.4 is 0 Å². The number of rotatable bonds is 6. The van der Waals surface area contributed by atoms with Gasteiger partial charge in [-0.25, -0.2) is 9.18 Å². The van der Waals surface area contributed by atoms with Crippen LogP contribution in [0, 0.1) is 5.82 Å². The van der Waals surface area contributed by atoms with Crippen LogP contribution in [0.1, 0.15) is 16.9 Å². The number of carbonyl (C=O) groups is 3. The first-order valence-corrected chi connectivity index (χ1v) is 12.9. The molecule has 1 N–H and O–H groups in total. The van der Waals surface area contributed by atoms with E-state index in [1.807, 2.05) is 0 Å². The largest absolute Gasteiger partial charge is 0.479 e. The van der Waals surface area contributed by atoms with Crippen molar-refractivity contribution in [3.05, 3.63) is 50.8 Å². The fourth-order valence-corrected chi connectivity index (χ4v) is 5.94. The minimum absolute atomic E-state index is 0.0153. The maximum Gasteiger partial charge on any atom is 0.419 e. The van der Waals surface area contributed by atoms with Gasteiger partial charge in [0, 0.05) is 24.4 Å². The summed E-state index contributed by atoms with van der Waals surface area (Å²) in [5.41, 5.74) is -0.735. The second-order valence-corrected chi connectivity index (χ2v) is 10.7. The van der Waals surface area contributed by atoms with Crippen molar-refractivity contribution in [3.63, 3.8) is 0 Å². The summed E-state index contributed by atoms with van der Waals surface area (Å²) in [4.78, 5) is 40.1. The van der Waals surface area contributed by atoms with Gasteiger partial charge in [-0.15, -0.1) is 11.3 Å². The number of carbonyl (C=O) groups excluding carboxylic acids is 2. The number of hydrogen-bond acceptors (Lipinski definition) is 7. The Kier molecular flexibility index (Phi) is 8.02. The number of thiocarbonyl (C=S) groups is 1. The number of hydrogen-bond donors (Lipinski definition) is 1. The molecule has 2 fully saturated rings. The van der Waals surface area contributed by atoms with Gasteiger partial charge < -0.3 is 14.7 Å². The third kappa shape index (κ3) is 6.20. The van der Waals surface area contributed by atoms with Crippen LogP contribution in [0.5, 0.6) is 0 Å². The molecule has 0 bridgehead atoms. The number of amides is 2. The van der Waals surface area contributed by atoms with Crippen molar-refractivity contribution in [1.82, 2.24) is 9.80 Å². The van der Waals surface area contributed by atoms with Gasteiger partial charge >= 0.3 is 12.1 Å². The molecule has 1 unspecified atom stereocenters. The van der Waals surface area contributed by atoms with Crippen LogP contribution in [0.15, 0.2) is 34.6 Å². The van der Waals surface area contributed by atoms with E-state index in [4.69, 9.17) is 22.1 Å². The summed E-state index contributed by atoms with van der Waals surface area (Å²) in [6.07, 6.45) is -4.42. The standard InChI is InChI=1S/C23H18F4N2O5S3/c24-16-2-1-12(8-15(16)23(25,26)27)13-7-14(36-11-13)9-18-20(31)29(22(35)37-18)4-3-19(30)28-5-6-34-17(10-28)21(32)33/h1-2,7-9,11,17H,3-6,10H2,(H,32,33). The lowest BCUT2D eigenvalue weighted by Crippen LogP contribution is -2.49. The molecule has 0 radical (unpaired) electrons. The fourth-order valence-electron chi connectivity index (χ4n) is 3.71. The van der Waals surface area contributed by atoms with Gasteiger partial charge in [-0.3, -0.25) is 14.5 Å². The van der Waals surface area contributed by atoms with Crippen molar-refractivity contribution >= 4 is 63.5 Å². The normalized spacial score (nSPS) is 19.7. The average Bonchev–Trinajstić information content (AvgIpc) is 3.41. The first-order chi connectivity index (χ1) is 17.4. The van der Waals surface area contributed by atoms with Gasteiger partial charge in [-0.2, -0.15) is 13.2 Å². The lowest BCUT2D eigenvalue weighted by atomic mass is 10.0. The molecule has 4 rings (SSSR count). The molecule has 2 amide bonds. The van der Waals surface area contributed by atoms with Crippen LogP contribution in [0.2, 0.25) is 0 Å². The summed E-state index contributed by atoms with van der Waals surface area (Å²) in [6, 6.07) is 4.34. The first kappa shape index (κ1) is 27.2. The van der Waals surface area contributed by atoms with Crippen LogP contribution in [-0.2, 0) is 25.3 Å². The summed E-state index contributed by atoms with van der Waals surface area (Å²) < 4.78 is 58.1. The zero-order valence-electron chi connectivity index (χ0n) is 18.8. The van der Waals surface area contributed by atoms with Gasteiger partial charge in [0.25, 0.3) is 5.91 Å². The highest BCUT2D eigenvalue weighted by atomic mass is 32.2. The number of carboxylic acid groups (broad SMARTS) is 1. The van der Waals surface area contributed by atoms with Gasteiger partial charge in [-0.1, -0.05) is 30.0 Å². The number of aliphatic carboxylic acids is 1. The Morgan fingerprint density at radius 3 is 2.70 bits per heavy atom. The van der Waals surface area contributed by atoms with Crippen LogP contribution in [-0.4, -0.2) is 69.4 Å². The Bertz CT molecular complexity index is 1290. The smallest absolute Gasteiger partial charge is 0.419 e. The van der Waals surface area contributed by atoms with E-state index in [0.29, 0.717) is 15.3 Å². The quantitative estimate of drug-likeness (QED) is 0.309. The van der Waals surface area contributed by atoms with Gasteiger partial charge in [-0.05, 0) is 40.8 Å². The Labute approximate surface area is 221 Å². The molecule has 2 aromatic rings. The van der Waals surface area contributed by atoms with Crippen LogP contribution in [0.25, 0.3) is 17.2 Å². The number of benzene rings is 1. The summed E-state index contributed by atoms with van der Waals surface area (Å²) in [7, 11) is 0. The van der Waals surface area contributed by atoms with Gasteiger partial charge in [0.05, 0.1) is 23.6 Å². The van der Waals surface area contributed by atoms with E-state index in [0.717, 1.165) is 23.9 Å². The molecule has 196 valence electrons. The van der Waals surface area contributed by atoms with Crippen LogP contribution in [0.3, 0.4) is 0 Å². The van der Waals surface area contributed by atoms with E-state index in [1.54, 1.807) is 17.5 Å². The van der Waals surface area contributed by atoms with E-state index in [-0.39, 0.29) is 48.5 Å². The molecule has 3 heterocycles. The molecule has 7 nitrogen and oxygen atoms in total. The third-order valence-electron chi connectivity index (χ3n) is 5.62. The van der Waals surface area contributed by atoms with E-state index in [2.05, 4.69) is 0 Å². The van der Waals surface area contributed by atoms with Crippen molar-refractivity contribution in [3.8, 4) is 11.1 Å². The third-order valence-corrected chi connectivity index (χ3v) is 7.87. The zero-order chi connectivity index (χ0) is 26.9. The van der Waals surface area contributed by atoms with E-state index >= 15 is 0 Å². The van der Waals surface area contributed by atoms with Gasteiger partial charge in [0.1, 0.15) is 10.1 Å². The Morgan fingerprint density at radius 2 is 2.00 bits per heavy atom. The number of ether oxygens (including phenoxy) is 1. The Morgan fingerprint density at radius 1 is 1.24 bits per heavy atom. The van der Waals surface area contributed by atoms with E-state index in [9.17, 15) is 31.9 Å². The summed E-state index contributed by atoms with van der Waals surface area (Å²) in [5.74, 6) is -3.25. The number of carboxylic acids is 1. The number of thioether (sulfide) groups is 1. The minimum Gasteiger partial charge on any atom is -0.479 e. The molecular weight excluding hydrogens is 556 g/mol. The maximum absolute atomic E-state index is 13.6. The molecule has 1 aromatic heterocycles. The van der Waals surface area contributed by atoms with Gasteiger partial charge in [0.15, 0.2) is 6.10 Å². The highest BCUT2D eigenvalue weighted by molar-refractivity contribution is 8.26. The van der Waals surface area contributed by atoms with Crippen LogP contribution >= 0.6 is 35.3 Å². The highest BCUT2D eigenvalue weighted by Crippen LogP contribution is 2.37. The molecule has 0 aliphatic carbocycles. The SMILES string of the molecule is O=C(O)C1CN(C(=O)CCN2C(=O)C(=Cc3cc(-c4ccc(F)c(C(F)(F)F)c4)cs3)SC2=S)CCO1. The molecule has 2 aliphatic heterocycles. The van der Waals surface area contributed by atoms with E-state index < -0.39 is 35.5 Å². The monoisotopic (exact) mass is 574 g/mol. The predicted octanol–water partition coefficient (Wildman–Crippen LogP) is 4.48. The molecule has 1 atom stereocenters. The molecule has 0 saturated carbocycles. The second-order valence-electron chi connectivity index (χ2n) is 8.05. The Balaban J connectivity index is 1.42. The predicted molar refractivity (Wildman–Crippen MR) is 133 cm³/mol. The van der Waals surface area contributed by atoms with Gasteiger partial charge in [0.2, 0.25) is 5.91 Å². The number of halogens is 4. The van der Waals surface area contributed by atoms with Crippen molar-refractivity contribution in [2.24, 2.45) is 0 Å². The molecule has 2 aliphatic rings. The lowest BCUT2D eigenvalue weighted by Gasteiger charge is -2.31. The van der Waals surface area contributed by atoms with Crippen molar-refractivity contribution < 1.29 is 41.8 Å². The first-order valence-electron chi connectivity index (χ1n) is 10.8.